The molecule has 1 amide bonds. The van der Waals surface area contributed by atoms with E-state index in [-0.39, 0.29) is 6.54 Å². The monoisotopic (exact) mass is 343 g/mol. The molecule has 0 saturated carbocycles. The largest absolute Gasteiger partial charge is 0.406 e. The van der Waals surface area contributed by atoms with Gasteiger partial charge in [-0.2, -0.15) is 13.2 Å². The van der Waals surface area contributed by atoms with E-state index in [0.29, 0.717) is 17.4 Å². The third-order valence-electron chi connectivity index (χ3n) is 3.27. The highest BCUT2D eigenvalue weighted by Crippen LogP contribution is 2.31. The predicted molar refractivity (Wildman–Crippen MR) is 76.5 cm³/mol. The number of likely N-dealkylation sites (tertiary alicyclic amines) is 1. The topological polar surface area (TPSA) is 74.8 Å². The highest BCUT2D eigenvalue weighted by Gasteiger charge is 2.40. The van der Waals surface area contributed by atoms with E-state index < -0.39 is 23.9 Å². The van der Waals surface area contributed by atoms with Crippen molar-refractivity contribution in [2.45, 2.75) is 23.0 Å². The molecule has 0 aliphatic carbocycles. The number of hydrogen-bond acceptors (Lipinski definition) is 5. The second-order valence-electron chi connectivity index (χ2n) is 4.98. The number of halogens is 3. The van der Waals surface area contributed by atoms with Gasteiger partial charge in [0.25, 0.3) is 0 Å². The number of aromatic nitrogens is 4. The van der Waals surface area contributed by atoms with Gasteiger partial charge < -0.3 is 4.90 Å². The molecule has 1 unspecified atom stereocenters. The molecule has 1 aliphatic heterocycles. The first kappa shape index (κ1) is 15.8. The highest BCUT2D eigenvalue weighted by molar-refractivity contribution is 8.00. The van der Waals surface area contributed by atoms with Crippen molar-refractivity contribution in [1.82, 2.24) is 25.1 Å². The summed E-state index contributed by atoms with van der Waals surface area (Å²) in [4.78, 5) is 21.0. The zero-order valence-corrected chi connectivity index (χ0v) is 12.6. The minimum absolute atomic E-state index is 0.0932. The van der Waals surface area contributed by atoms with E-state index in [4.69, 9.17) is 0 Å². The van der Waals surface area contributed by atoms with Crippen LogP contribution in [0.25, 0.3) is 11.4 Å². The SMILES string of the molecule is O=C1C(Sc2n[nH]c(-c3cccnc3)n2)CCN1CC(F)(F)F. The van der Waals surface area contributed by atoms with E-state index in [1.54, 1.807) is 24.5 Å². The summed E-state index contributed by atoms with van der Waals surface area (Å²) in [5.41, 5.74) is 0.739. The fourth-order valence-electron chi connectivity index (χ4n) is 2.25. The normalized spacial score (nSPS) is 18.7. The number of hydrogen-bond donors (Lipinski definition) is 1. The number of pyridine rings is 1. The lowest BCUT2D eigenvalue weighted by molar-refractivity contribution is -0.157. The molecule has 122 valence electrons. The number of aromatic amines is 1. The first-order valence-corrected chi connectivity index (χ1v) is 7.65. The number of nitrogens with one attached hydrogen (secondary N) is 1. The van der Waals surface area contributed by atoms with Gasteiger partial charge in [-0.25, -0.2) is 4.98 Å². The molecule has 0 aromatic carbocycles. The smallest absolute Gasteiger partial charge is 0.333 e. The Labute approximate surface area is 133 Å². The Balaban J connectivity index is 1.65. The minimum atomic E-state index is -4.38. The Morgan fingerprint density at radius 1 is 1.43 bits per heavy atom. The third kappa shape index (κ3) is 3.81. The van der Waals surface area contributed by atoms with Crippen molar-refractivity contribution < 1.29 is 18.0 Å². The van der Waals surface area contributed by atoms with Crippen molar-refractivity contribution in [3.05, 3.63) is 24.5 Å². The number of H-pyrrole nitrogens is 1. The van der Waals surface area contributed by atoms with Crippen LogP contribution in [-0.4, -0.2) is 55.5 Å². The summed E-state index contributed by atoms with van der Waals surface area (Å²) in [7, 11) is 0. The molecule has 1 fully saturated rings. The lowest BCUT2D eigenvalue weighted by Crippen LogP contribution is -2.36. The summed E-state index contributed by atoms with van der Waals surface area (Å²) in [5.74, 6) is -0.0294. The van der Waals surface area contributed by atoms with E-state index in [0.717, 1.165) is 22.2 Å². The molecule has 1 atom stereocenters. The molecular formula is C13H12F3N5OS. The Morgan fingerprint density at radius 3 is 2.96 bits per heavy atom. The van der Waals surface area contributed by atoms with Crippen LogP contribution >= 0.6 is 11.8 Å². The fraction of sp³-hybridized carbons (Fsp3) is 0.385. The standard InChI is InChI=1S/C13H12F3N5OS/c14-13(15,16)7-21-5-3-9(11(21)22)23-12-18-10(19-20-12)8-2-1-4-17-6-8/h1-2,4,6,9H,3,5,7H2,(H,18,19,20). The number of rotatable bonds is 4. The molecular weight excluding hydrogens is 331 g/mol. The molecule has 1 N–H and O–H groups in total. The van der Waals surface area contributed by atoms with Gasteiger partial charge in [0, 0.05) is 24.5 Å². The average Bonchev–Trinajstić information content (AvgIpc) is 3.09. The van der Waals surface area contributed by atoms with Gasteiger partial charge in [0.05, 0.1) is 5.25 Å². The summed E-state index contributed by atoms with van der Waals surface area (Å²) in [6.07, 6.45) is -0.799. The van der Waals surface area contributed by atoms with Gasteiger partial charge >= 0.3 is 6.18 Å². The summed E-state index contributed by atoms with van der Waals surface area (Å²) in [6, 6.07) is 3.55. The predicted octanol–water partition coefficient (Wildman–Crippen LogP) is 2.12. The van der Waals surface area contributed by atoms with Crippen molar-refractivity contribution in [3.63, 3.8) is 0 Å². The van der Waals surface area contributed by atoms with Crippen molar-refractivity contribution >= 4 is 17.7 Å². The number of amides is 1. The van der Waals surface area contributed by atoms with E-state index >= 15 is 0 Å². The van der Waals surface area contributed by atoms with Crippen LogP contribution in [0.3, 0.4) is 0 Å². The molecule has 23 heavy (non-hydrogen) atoms. The van der Waals surface area contributed by atoms with Crippen molar-refractivity contribution in [2.24, 2.45) is 0 Å². The van der Waals surface area contributed by atoms with Gasteiger partial charge in [0.15, 0.2) is 5.82 Å². The molecule has 10 heteroatoms. The average molecular weight is 343 g/mol. The van der Waals surface area contributed by atoms with Crippen LogP contribution in [0.4, 0.5) is 13.2 Å². The molecule has 6 nitrogen and oxygen atoms in total. The van der Waals surface area contributed by atoms with Gasteiger partial charge in [-0.15, -0.1) is 5.10 Å². The summed E-state index contributed by atoms with van der Waals surface area (Å²) in [6.45, 7) is -1.12. The third-order valence-corrected chi connectivity index (χ3v) is 4.38. The molecule has 0 radical (unpaired) electrons. The quantitative estimate of drug-likeness (QED) is 0.920. The maximum Gasteiger partial charge on any atom is 0.406 e. The van der Waals surface area contributed by atoms with E-state index in [1.807, 2.05) is 0 Å². The zero-order valence-electron chi connectivity index (χ0n) is 11.7. The highest BCUT2D eigenvalue weighted by atomic mass is 32.2. The van der Waals surface area contributed by atoms with Gasteiger partial charge in [0.1, 0.15) is 6.54 Å². The number of carbonyl (C=O) groups is 1. The van der Waals surface area contributed by atoms with E-state index in [2.05, 4.69) is 20.2 Å². The Morgan fingerprint density at radius 2 is 2.26 bits per heavy atom. The van der Waals surface area contributed by atoms with Gasteiger partial charge in [0.2, 0.25) is 11.1 Å². The van der Waals surface area contributed by atoms with Gasteiger partial charge in [-0.3, -0.25) is 14.9 Å². The Hall–Kier alpha value is -2.10. The minimum Gasteiger partial charge on any atom is -0.333 e. The van der Waals surface area contributed by atoms with Crippen molar-refractivity contribution in [2.75, 3.05) is 13.1 Å². The van der Waals surface area contributed by atoms with E-state index in [1.165, 1.54) is 0 Å². The first-order chi connectivity index (χ1) is 10.9. The van der Waals surface area contributed by atoms with E-state index in [9.17, 15) is 18.0 Å². The molecule has 1 aliphatic rings. The Kier molecular flexibility index (Phi) is 4.24. The van der Waals surface area contributed by atoms with Crippen LogP contribution in [0.2, 0.25) is 0 Å². The second kappa shape index (κ2) is 6.19. The summed E-state index contributed by atoms with van der Waals surface area (Å²) >= 11 is 1.07. The maximum absolute atomic E-state index is 12.4. The maximum atomic E-state index is 12.4. The molecule has 3 rings (SSSR count). The number of carbonyl (C=O) groups excluding carboxylic acids is 1. The van der Waals surface area contributed by atoms with Crippen LogP contribution < -0.4 is 0 Å². The first-order valence-electron chi connectivity index (χ1n) is 6.77. The molecule has 0 bridgehead atoms. The molecule has 3 heterocycles. The second-order valence-corrected chi connectivity index (χ2v) is 6.15. The summed E-state index contributed by atoms with van der Waals surface area (Å²) in [5, 5.41) is 6.47. The number of alkyl halides is 3. The van der Waals surface area contributed by atoms with Crippen LogP contribution in [0.15, 0.2) is 29.7 Å². The molecule has 1 saturated heterocycles. The fourth-order valence-corrected chi connectivity index (χ4v) is 3.22. The van der Waals surface area contributed by atoms with Crippen LogP contribution in [0.1, 0.15) is 6.42 Å². The molecule has 0 spiro atoms. The summed E-state index contributed by atoms with van der Waals surface area (Å²) < 4.78 is 37.2. The van der Waals surface area contributed by atoms with Crippen LogP contribution in [0.5, 0.6) is 0 Å². The van der Waals surface area contributed by atoms with Crippen molar-refractivity contribution in [1.29, 1.82) is 0 Å². The zero-order chi connectivity index (χ0) is 16.4. The van der Waals surface area contributed by atoms with Crippen LogP contribution in [0, 0.1) is 0 Å². The number of nitrogens with zero attached hydrogens (tertiary/aromatic N) is 4. The number of thioether (sulfide) groups is 1. The van der Waals surface area contributed by atoms with Crippen molar-refractivity contribution in [3.8, 4) is 11.4 Å². The van der Waals surface area contributed by atoms with Crippen LogP contribution in [-0.2, 0) is 4.79 Å². The van der Waals surface area contributed by atoms with Gasteiger partial charge in [-0.05, 0) is 18.6 Å². The van der Waals surface area contributed by atoms with Gasteiger partial charge in [-0.1, -0.05) is 11.8 Å². The molecule has 2 aromatic heterocycles. The lowest BCUT2D eigenvalue weighted by atomic mass is 10.3. The lowest BCUT2D eigenvalue weighted by Gasteiger charge is -2.17. The Bertz CT molecular complexity index is 690. The molecule has 2 aromatic rings.